The lowest BCUT2D eigenvalue weighted by Crippen LogP contribution is -2.61. The fraction of sp³-hybridized carbons (Fsp3) is 0.522. The van der Waals surface area contributed by atoms with Gasteiger partial charge in [-0.25, -0.2) is 0 Å². The molecule has 0 radical (unpaired) electrons. The number of alkyl halides is 1. The normalized spacial score (nSPS) is 26.8. The van der Waals surface area contributed by atoms with Crippen LogP contribution in [0.25, 0.3) is 10.6 Å². The molecule has 0 spiro atoms. The van der Waals surface area contributed by atoms with Gasteiger partial charge in [-0.2, -0.15) is 0 Å². The minimum Gasteiger partial charge on any atom is -0.367 e. The molecule has 5 rings (SSSR count). The van der Waals surface area contributed by atoms with Crippen molar-refractivity contribution in [2.24, 2.45) is 0 Å². The Hall–Kier alpha value is -2.20. The van der Waals surface area contributed by atoms with E-state index in [0.717, 1.165) is 24.1 Å². The number of hydrogen-bond donors (Lipinski definition) is 1. The highest BCUT2D eigenvalue weighted by Crippen LogP contribution is 2.42. The van der Waals surface area contributed by atoms with Gasteiger partial charge in [0.1, 0.15) is 12.6 Å². The maximum atomic E-state index is 13.6. The zero-order valence-electron chi connectivity index (χ0n) is 18.0. The molecule has 1 aliphatic carbocycles. The van der Waals surface area contributed by atoms with Crippen LogP contribution >= 0.6 is 22.9 Å². The van der Waals surface area contributed by atoms with Crippen LogP contribution in [-0.4, -0.2) is 75.1 Å². The Labute approximate surface area is 200 Å². The van der Waals surface area contributed by atoms with E-state index in [4.69, 9.17) is 16.3 Å². The van der Waals surface area contributed by atoms with Crippen LogP contribution in [0.3, 0.4) is 0 Å². The molecule has 174 valence electrons. The van der Waals surface area contributed by atoms with Gasteiger partial charge in [0.2, 0.25) is 0 Å². The van der Waals surface area contributed by atoms with E-state index in [1.165, 1.54) is 11.3 Å². The van der Waals surface area contributed by atoms with Crippen molar-refractivity contribution < 1.29 is 19.1 Å². The maximum absolute atomic E-state index is 13.6. The van der Waals surface area contributed by atoms with Crippen LogP contribution in [0, 0.1) is 0 Å². The third-order valence-corrected chi connectivity index (χ3v) is 8.42. The molecule has 2 aromatic rings. The molecule has 1 amide bonds. The van der Waals surface area contributed by atoms with Crippen LogP contribution in [0.15, 0.2) is 30.7 Å². The second-order valence-corrected chi connectivity index (χ2v) is 10.5. The summed E-state index contributed by atoms with van der Waals surface area (Å²) in [5.74, 6) is -0.380. The molecule has 4 heterocycles. The van der Waals surface area contributed by atoms with Gasteiger partial charge in [0.05, 0.1) is 45.2 Å². The van der Waals surface area contributed by atoms with Crippen molar-refractivity contribution in [3.8, 4) is 10.6 Å². The Bertz CT molecular complexity index is 1060. The molecule has 0 aromatic carbocycles. The highest BCUT2D eigenvalue weighted by Gasteiger charge is 2.58. The number of fused-ring (bicyclic) bond motifs is 1. The predicted octanol–water partition coefficient (Wildman–Crippen LogP) is 2.47. The first kappa shape index (κ1) is 22.6. The van der Waals surface area contributed by atoms with Crippen molar-refractivity contribution in [3.05, 3.63) is 35.6 Å². The molecule has 1 saturated carbocycles. The molecule has 8 nitrogen and oxygen atoms in total. The molecule has 0 bridgehead atoms. The quantitative estimate of drug-likeness (QED) is 0.623. The number of thiophene rings is 1. The van der Waals surface area contributed by atoms with Gasteiger partial charge >= 0.3 is 0 Å². The van der Waals surface area contributed by atoms with Crippen molar-refractivity contribution in [1.82, 2.24) is 20.2 Å². The molecular weight excluding hydrogens is 464 g/mol. The Balaban J connectivity index is 1.30. The minimum atomic E-state index is -0.790. The average Bonchev–Trinajstić information content (AvgIpc) is 3.56. The molecule has 3 aliphatic rings. The van der Waals surface area contributed by atoms with Crippen molar-refractivity contribution in [2.75, 3.05) is 19.7 Å². The van der Waals surface area contributed by atoms with Crippen LogP contribution in [0.4, 0.5) is 0 Å². The summed E-state index contributed by atoms with van der Waals surface area (Å²) in [6, 6.07) is 3.07. The number of ketones is 2. The standard InChI is InChI=1S/C23H25ClN4O4S/c24-14-12-28(20-16(29)13-32-21(14)20)23(6-2-1-3-7-23)19(30)11-27-22(31)18-5-4-17(33-18)15-10-25-8-9-26-15/h4-5,8-10,14,20-21H,1-3,6-7,11-13H2,(H,27,31)/t14-,20+,21+/m0/s1. The van der Waals surface area contributed by atoms with Gasteiger partial charge in [-0.05, 0) is 25.0 Å². The van der Waals surface area contributed by atoms with Crippen LogP contribution in [0.1, 0.15) is 41.8 Å². The summed E-state index contributed by atoms with van der Waals surface area (Å²) in [6.45, 7) is 0.393. The number of amides is 1. The van der Waals surface area contributed by atoms with Gasteiger partial charge in [0, 0.05) is 18.9 Å². The molecule has 2 aromatic heterocycles. The number of likely N-dealkylation sites (tertiary alicyclic amines) is 1. The first-order valence-corrected chi connectivity index (χ1v) is 12.5. The second kappa shape index (κ2) is 9.21. The third-order valence-electron chi connectivity index (χ3n) is 6.93. The molecule has 0 unspecified atom stereocenters. The molecule has 3 fully saturated rings. The summed E-state index contributed by atoms with van der Waals surface area (Å²) in [6.07, 6.45) is 8.66. The summed E-state index contributed by atoms with van der Waals surface area (Å²) >= 11 is 7.82. The van der Waals surface area contributed by atoms with Crippen LogP contribution in [0.5, 0.6) is 0 Å². The van der Waals surface area contributed by atoms with Crippen molar-refractivity contribution in [1.29, 1.82) is 0 Å². The highest BCUT2D eigenvalue weighted by molar-refractivity contribution is 7.17. The lowest BCUT2D eigenvalue weighted by molar-refractivity contribution is -0.136. The minimum absolute atomic E-state index is 0.0138. The van der Waals surface area contributed by atoms with E-state index in [1.54, 1.807) is 24.7 Å². The maximum Gasteiger partial charge on any atom is 0.261 e. The van der Waals surface area contributed by atoms with Gasteiger partial charge < -0.3 is 10.1 Å². The number of Topliss-reactive ketones (excluding diaryl/α,β-unsaturated/α-hetero) is 2. The number of ether oxygens (including phenoxy) is 1. The third kappa shape index (κ3) is 4.12. The summed E-state index contributed by atoms with van der Waals surface area (Å²) < 4.78 is 5.63. The molecular formula is C23H25ClN4O4S. The zero-order chi connectivity index (χ0) is 23.0. The smallest absolute Gasteiger partial charge is 0.261 e. The number of aromatic nitrogens is 2. The molecule has 2 saturated heterocycles. The van der Waals surface area contributed by atoms with Gasteiger partial charge in [-0.3, -0.25) is 29.3 Å². The van der Waals surface area contributed by atoms with Crippen molar-refractivity contribution in [2.45, 2.75) is 55.2 Å². The largest absolute Gasteiger partial charge is 0.367 e. The fourth-order valence-corrected chi connectivity index (χ4v) is 6.58. The molecule has 1 N–H and O–H groups in total. The lowest BCUT2D eigenvalue weighted by Gasteiger charge is -2.45. The summed E-state index contributed by atoms with van der Waals surface area (Å²) in [5.41, 5.74) is -0.0942. The van der Waals surface area contributed by atoms with Gasteiger partial charge in [0.25, 0.3) is 5.91 Å². The molecule has 2 aliphatic heterocycles. The highest BCUT2D eigenvalue weighted by atomic mass is 35.5. The molecule has 3 atom stereocenters. The van der Waals surface area contributed by atoms with Gasteiger partial charge in [0.15, 0.2) is 11.6 Å². The lowest BCUT2D eigenvalue weighted by atomic mass is 9.76. The second-order valence-electron chi connectivity index (χ2n) is 8.81. The van der Waals surface area contributed by atoms with Crippen LogP contribution in [-0.2, 0) is 14.3 Å². The van der Waals surface area contributed by atoms with E-state index in [0.29, 0.717) is 30.0 Å². The SMILES string of the molecule is O=C(NCC(=O)C1(N2C[C@H](Cl)[C@H]3OCC(=O)[C@H]32)CCCCC1)c1ccc(-c2cnccn2)s1. The average molecular weight is 489 g/mol. The number of halogens is 1. The van der Waals surface area contributed by atoms with E-state index in [-0.39, 0.29) is 42.1 Å². The van der Waals surface area contributed by atoms with Crippen molar-refractivity contribution >= 4 is 40.4 Å². The Morgan fingerprint density at radius 3 is 2.82 bits per heavy atom. The topological polar surface area (TPSA) is 101 Å². The molecule has 10 heteroatoms. The zero-order valence-corrected chi connectivity index (χ0v) is 19.6. The van der Waals surface area contributed by atoms with E-state index in [2.05, 4.69) is 15.3 Å². The summed E-state index contributed by atoms with van der Waals surface area (Å²) in [7, 11) is 0. The predicted molar refractivity (Wildman–Crippen MR) is 123 cm³/mol. The van der Waals surface area contributed by atoms with Gasteiger partial charge in [-0.1, -0.05) is 19.3 Å². The number of hydrogen-bond acceptors (Lipinski definition) is 8. The first-order chi connectivity index (χ1) is 16.0. The van der Waals surface area contributed by atoms with E-state index >= 15 is 0 Å². The van der Waals surface area contributed by atoms with E-state index in [1.807, 2.05) is 11.0 Å². The van der Waals surface area contributed by atoms with E-state index in [9.17, 15) is 14.4 Å². The fourth-order valence-electron chi connectivity index (χ4n) is 5.34. The Morgan fingerprint density at radius 1 is 1.24 bits per heavy atom. The number of carbonyl (C=O) groups is 3. The molecule has 33 heavy (non-hydrogen) atoms. The first-order valence-electron chi connectivity index (χ1n) is 11.2. The van der Waals surface area contributed by atoms with Crippen molar-refractivity contribution in [3.63, 3.8) is 0 Å². The Morgan fingerprint density at radius 2 is 2.06 bits per heavy atom. The van der Waals surface area contributed by atoms with Gasteiger partial charge in [-0.15, -0.1) is 22.9 Å². The van der Waals surface area contributed by atoms with Crippen LogP contribution < -0.4 is 5.32 Å². The Kier molecular flexibility index (Phi) is 6.30. The number of nitrogens with zero attached hydrogens (tertiary/aromatic N) is 3. The number of carbonyl (C=O) groups excluding carboxylic acids is 3. The summed E-state index contributed by atoms with van der Waals surface area (Å²) in [4.78, 5) is 50.6. The van der Waals surface area contributed by atoms with Crippen LogP contribution in [0.2, 0.25) is 0 Å². The number of nitrogens with one attached hydrogen (secondary N) is 1. The monoisotopic (exact) mass is 488 g/mol. The summed E-state index contributed by atoms with van der Waals surface area (Å²) in [5, 5.41) is 2.48. The van der Waals surface area contributed by atoms with E-state index < -0.39 is 11.6 Å². The number of rotatable bonds is 6.